The third kappa shape index (κ3) is 5.65. The molecule has 7 heteroatoms. The normalized spacial score (nSPS) is 8.29. The van der Waals surface area contributed by atoms with Crippen molar-refractivity contribution in [3.05, 3.63) is 0 Å². The molecular weight excluding hydrogens is 190 g/mol. The number of nitrogens with zero attached hydrogens (tertiary/aromatic N) is 3. The SMILES string of the molecule is O=C=NCCN(CCN=C=O)C(=O)O. The average Bonchev–Trinajstić information content (AvgIpc) is 2.15. The van der Waals surface area contributed by atoms with Gasteiger partial charge in [0.15, 0.2) is 0 Å². The molecule has 0 heterocycles. The number of carbonyl (C=O) groups is 1. The van der Waals surface area contributed by atoms with E-state index in [0.29, 0.717) is 0 Å². The summed E-state index contributed by atoms with van der Waals surface area (Å²) < 4.78 is 0. The van der Waals surface area contributed by atoms with E-state index in [0.717, 1.165) is 4.90 Å². The van der Waals surface area contributed by atoms with Gasteiger partial charge < -0.3 is 10.0 Å². The zero-order chi connectivity index (χ0) is 10.8. The minimum atomic E-state index is -1.15. The van der Waals surface area contributed by atoms with E-state index in [1.165, 1.54) is 12.2 Å². The minimum Gasteiger partial charge on any atom is -0.465 e. The molecule has 0 aliphatic rings. The van der Waals surface area contributed by atoms with Crippen LogP contribution in [0.4, 0.5) is 4.79 Å². The Balaban J connectivity index is 3.95. The standard InChI is InChI=1S/C7H9N3O4/c11-5-8-1-3-10(7(13)14)4-2-9-6-12/h1-4H2,(H,13,14). The number of aliphatic imine (C=N–C) groups is 2. The number of rotatable bonds is 6. The van der Waals surface area contributed by atoms with Crippen LogP contribution < -0.4 is 0 Å². The van der Waals surface area contributed by atoms with Crippen molar-refractivity contribution in [2.45, 2.75) is 0 Å². The van der Waals surface area contributed by atoms with Crippen molar-refractivity contribution >= 4 is 18.3 Å². The molecule has 0 aromatic heterocycles. The highest BCUT2D eigenvalue weighted by molar-refractivity contribution is 5.64. The summed E-state index contributed by atoms with van der Waals surface area (Å²) in [6.45, 7) is 0.277. The first-order valence-corrected chi connectivity index (χ1v) is 3.77. The summed E-state index contributed by atoms with van der Waals surface area (Å²) in [5, 5.41) is 8.62. The number of carboxylic acid groups (broad SMARTS) is 1. The van der Waals surface area contributed by atoms with Gasteiger partial charge in [0.2, 0.25) is 12.2 Å². The van der Waals surface area contributed by atoms with Gasteiger partial charge in [0.1, 0.15) is 0 Å². The van der Waals surface area contributed by atoms with E-state index < -0.39 is 6.09 Å². The van der Waals surface area contributed by atoms with Crippen LogP contribution in [-0.4, -0.2) is 54.4 Å². The average molecular weight is 199 g/mol. The van der Waals surface area contributed by atoms with Gasteiger partial charge in [0.25, 0.3) is 0 Å². The molecule has 76 valence electrons. The molecule has 0 saturated carbocycles. The largest absolute Gasteiger partial charge is 0.465 e. The van der Waals surface area contributed by atoms with Gasteiger partial charge in [-0.15, -0.1) is 0 Å². The van der Waals surface area contributed by atoms with Crippen molar-refractivity contribution in [1.29, 1.82) is 0 Å². The van der Waals surface area contributed by atoms with Crippen molar-refractivity contribution in [2.24, 2.45) is 9.98 Å². The first-order chi connectivity index (χ1) is 6.72. The fourth-order valence-electron chi connectivity index (χ4n) is 0.736. The lowest BCUT2D eigenvalue weighted by molar-refractivity contribution is 0.148. The summed E-state index contributed by atoms with van der Waals surface area (Å²) in [5.74, 6) is 0. The lowest BCUT2D eigenvalue weighted by Crippen LogP contribution is -2.33. The van der Waals surface area contributed by atoms with Gasteiger partial charge in [-0.05, 0) is 0 Å². The minimum absolute atomic E-state index is 0.0562. The first kappa shape index (κ1) is 12.0. The topological polar surface area (TPSA) is 99.4 Å². The van der Waals surface area contributed by atoms with Gasteiger partial charge in [-0.3, -0.25) is 0 Å². The number of hydrogen-bond donors (Lipinski definition) is 1. The first-order valence-electron chi connectivity index (χ1n) is 3.77. The maximum atomic E-state index is 10.5. The van der Waals surface area contributed by atoms with Gasteiger partial charge in [-0.1, -0.05) is 0 Å². The van der Waals surface area contributed by atoms with Gasteiger partial charge in [-0.25, -0.2) is 24.4 Å². The van der Waals surface area contributed by atoms with Crippen LogP contribution in [0.25, 0.3) is 0 Å². The molecule has 0 aliphatic carbocycles. The number of carbonyl (C=O) groups excluding carboxylic acids is 2. The fraction of sp³-hybridized carbons (Fsp3) is 0.571. The summed E-state index contributed by atoms with van der Waals surface area (Å²) in [6, 6.07) is 0. The zero-order valence-corrected chi connectivity index (χ0v) is 7.34. The molecule has 0 aliphatic heterocycles. The molecule has 0 saturated heterocycles. The van der Waals surface area contributed by atoms with Crippen LogP contribution in [0.1, 0.15) is 0 Å². The van der Waals surface area contributed by atoms with Crippen LogP contribution in [0, 0.1) is 0 Å². The molecule has 0 fully saturated rings. The molecule has 1 amide bonds. The highest BCUT2D eigenvalue weighted by Crippen LogP contribution is 1.89. The molecule has 0 aromatic carbocycles. The van der Waals surface area contributed by atoms with Crippen LogP contribution in [0.15, 0.2) is 9.98 Å². The fourth-order valence-corrected chi connectivity index (χ4v) is 0.736. The highest BCUT2D eigenvalue weighted by Gasteiger charge is 2.09. The Morgan fingerprint density at radius 2 is 1.57 bits per heavy atom. The molecule has 0 aromatic rings. The second-order valence-electron chi connectivity index (χ2n) is 2.22. The zero-order valence-electron chi connectivity index (χ0n) is 7.34. The molecule has 0 bridgehead atoms. The van der Waals surface area contributed by atoms with Crippen LogP contribution in [0.2, 0.25) is 0 Å². The van der Waals surface area contributed by atoms with Crippen molar-refractivity contribution in [1.82, 2.24) is 4.90 Å². The Morgan fingerprint density at radius 1 is 1.14 bits per heavy atom. The predicted molar refractivity (Wildman–Crippen MR) is 45.6 cm³/mol. The summed E-state index contributed by atoms with van der Waals surface area (Å²) in [4.78, 5) is 37.3. The van der Waals surface area contributed by atoms with Crippen LogP contribution in [0.3, 0.4) is 0 Å². The van der Waals surface area contributed by atoms with Crippen LogP contribution in [0.5, 0.6) is 0 Å². The van der Waals surface area contributed by atoms with Crippen molar-refractivity contribution in [3.8, 4) is 0 Å². The maximum Gasteiger partial charge on any atom is 0.407 e. The molecule has 14 heavy (non-hydrogen) atoms. The van der Waals surface area contributed by atoms with E-state index in [4.69, 9.17) is 5.11 Å². The van der Waals surface area contributed by atoms with Gasteiger partial charge >= 0.3 is 6.09 Å². The van der Waals surface area contributed by atoms with E-state index in [9.17, 15) is 14.4 Å². The van der Waals surface area contributed by atoms with Gasteiger partial charge in [-0.2, -0.15) is 0 Å². The Kier molecular flexibility index (Phi) is 6.59. The Morgan fingerprint density at radius 3 is 1.86 bits per heavy atom. The highest BCUT2D eigenvalue weighted by atomic mass is 16.4. The molecule has 1 N–H and O–H groups in total. The van der Waals surface area contributed by atoms with Crippen LogP contribution >= 0.6 is 0 Å². The summed E-state index contributed by atoms with van der Waals surface area (Å²) in [5.41, 5.74) is 0. The predicted octanol–water partition coefficient (Wildman–Crippen LogP) is -0.362. The molecule has 0 unspecified atom stereocenters. The lowest BCUT2D eigenvalue weighted by Gasteiger charge is -2.15. The third-order valence-electron chi connectivity index (χ3n) is 1.36. The third-order valence-corrected chi connectivity index (χ3v) is 1.36. The summed E-state index contributed by atoms with van der Waals surface area (Å²) >= 11 is 0. The van der Waals surface area contributed by atoms with E-state index in [1.807, 2.05) is 0 Å². The number of amides is 1. The monoisotopic (exact) mass is 199 g/mol. The Bertz CT molecular complexity index is 257. The number of isocyanates is 2. The van der Waals surface area contributed by atoms with Crippen molar-refractivity contribution in [3.63, 3.8) is 0 Å². The maximum absolute atomic E-state index is 10.5. The summed E-state index contributed by atoms with van der Waals surface area (Å²) in [7, 11) is 0. The van der Waals surface area contributed by atoms with Crippen molar-refractivity contribution in [2.75, 3.05) is 26.2 Å². The molecule has 0 spiro atoms. The van der Waals surface area contributed by atoms with E-state index in [2.05, 4.69) is 9.98 Å². The Hall–Kier alpha value is -1.97. The van der Waals surface area contributed by atoms with Gasteiger partial charge in [0.05, 0.1) is 13.1 Å². The van der Waals surface area contributed by atoms with E-state index in [-0.39, 0.29) is 26.2 Å². The molecule has 7 nitrogen and oxygen atoms in total. The second-order valence-corrected chi connectivity index (χ2v) is 2.22. The molecule has 0 atom stereocenters. The van der Waals surface area contributed by atoms with Crippen LogP contribution in [-0.2, 0) is 9.59 Å². The second kappa shape index (κ2) is 7.67. The molecule has 0 rings (SSSR count). The lowest BCUT2D eigenvalue weighted by atomic mass is 10.5. The van der Waals surface area contributed by atoms with E-state index in [1.54, 1.807) is 0 Å². The molecular formula is C7H9N3O4. The van der Waals surface area contributed by atoms with E-state index >= 15 is 0 Å². The van der Waals surface area contributed by atoms with Crippen molar-refractivity contribution < 1.29 is 19.5 Å². The number of hydrogen-bond acceptors (Lipinski definition) is 5. The van der Waals surface area contributed by atoms with Gasteiger partial charge in [0, 0.05) is 13.1 Å². The smallest absolute Gasteiger partial charge is 0.407 e. The Labute approximate surface area is 79.8 Å². The summed E-state index contributed by atoms with van der Waals surface area (Å²) in [6.07, 6.45) is 1.45. The quantitative estimate of drug-likeness (QED) is 0.466. The molecule has 0 radical (unpaired) electrons.